The average molecular weight is 381 g/mol. The van der Waals surface area contributed by atoms with Crippen LogP contribution in [0.25, 0.3) is 11.0 Å². The number of hydrogen-bond acceptors (Lipinski definition) is 5. The van der Waals surface area contributed by atoms with E-state index < -0.39 is 11.7 Å². The molecule has 1 spiro atoms. The molecule has 0 radical (unpaired) electrons. The summed E-state index contributed by atoms with van der Waals surface area (Å²) in [6, 6.07) is 0. The summed E-state index contributed by atoms with van der Waals surface area (Å²) < 4.78 is 43.9. The van der Waals surface area contributed by atoms with Crippen LogP contribution in [0.5, 0.6) is 0 Å². The second kappa shape index (κ2) is 6.27. The summed E-state index contributed by atoms with van der Waals surface area (Å²) in [5.74, 6) is 3.52. The number of nitrogens with one attached hydrogen (secondary N) is 1. The fraction of sp³-hybridized carbons (Fsp3) is 0.588. The van der Waals surface area contributed by atoms with Gasteiger partial charge >= 0.3 is 6.18 Å². The Bertz CT molecular complexity index is 982. The zero-order valence-electron chi connectivity index (χ0n) is 14.7. The van der Waals surface area contributed by atoms with Gasteiger partial charge in [-0.1, -0.05) is 0 Å². The van der Waals surface area contributed by atoms with Crippen LogP contribution in [-0.4, -0.2) is 52.2 Å². The fourth-order valence-electron chi connectivity index (χ4n) is 3.78. The lowest BCUT2D eigenvalue weighted by atomic mass is 9.78. The highest BCUT2D eigenvalue weighted by Gasteiger charge is 2.38. The zero-order chi connectivity index (χ0) is 19.2. The van der Waals surface area contributed by atoms with Gasteiger partial charge in [-0.3, -0.25) is 14.5 Å². The molecule has 0 aliphatic carbocycles. The van der Waals surface area contributed by atoms with Gasteiger partial charge in [0.1, 0.15) is 11.1 Å². The normalized spacial score (nSPS) is 19.5. The predicted molar refractivity (Wildman–Crippen MR) is 91.4 cm³/mol. The summed E-state index contributed by atoms with van der Waals surface area (Å²) >= 11 is 0. The number of alkyl halides is 3. The Morgan fingerprint density at radius 1 is 1.26 bits per heavy atom. The smallest absolute Gasteiger partial charge is 0.381 e. The minimum Gasteiger partial charge on any atom is -0.381 e. The number of nitrogens with zero attached hydrogens (tertiary/aromatic N) is 4. The molecule has 7 nitrogen and oxygen atoms in total. The highest BCUT2D eigenvalue weighted by molar-refractivity contribution is 5.80. The van der Waals surface area contributed by atoms with Gasteiger partial charge in [0.05, 0.1) is 6.61 Å². The molecule has 4 heterocycles. The van der Waals surface area contributed by atoms with Gasteiger partial charge in [0.2, 0.25) is 5.95 Å². The summed E-state index contributed by atoms with van der Waals surface area (Å²) in [6.07, 6.45) is -1.70. The summed E-state index contributed by atoms with van der Waals surface area (Å²) in [7, 11) is 1.56. The molecule has 0 saturated carbocycles. The molecule has 4 rings (SSSR count). The molecule has 0 atom stereocenters. The first-order chi connectivity index (χ1) is 12.8. The minimum atomic E-state index is -4.66. The molecule has 2 aromatic heterocycles. The number of anilines is 1. The molecule has 10 heteroatoms. The second-order valence-electron chi connectivity index (χ2n) is 7.11. The van der Waals surface area contributed by atoms with Crippen LogP contribution in [0.4, 0.5) is 19.1 Å². The minimum absolute atomic E-state index is 0.0318. The summed E-state index contributed by atoms with van der Waals surface area (Å²) in [4.78, 5) is 19.2. The van der Waals surface area contributed by atoms with Gasteiger partial charge in [-0.15, -0.1) is 0 Å². The highest BCUT2D eigenvalue weighted by Crippen LogP contribution is 2.39. The molecule has 0 bridgehead atoms. The van der Waals surface area contributed by atoms with Crippen LogP contribution < -0.4 is 10.5 Å². The third-order valence-corrected chi connectivity index (χ3v) is 5.39. The quantitative estimate of drug-likeness (QED) is 0.759. The Morgan fingerprint density at radius 2 is 2.00 bits per heavy atom. The number of H-pyrrole nitrogens is 1. The van der Waals surface area contributed by atoms with Gasteiger partial charge in [0.25, 0.3) is 5.56 Å². The van der Waals surface area contributed by atoms with E-state index in [0.717, 1.165) is 51.5 Å². The number of fused-ring (bicyclic) bond motifs is 1. The standard InChI is InChI=1S/C17H18F3N5O2/c1-24-14(26)12-11(2-3-17(18,19)20)22-23-13(12)21-15(24)25-7-4-16(5-8-25)6-9-27-10-16/h4-10H2,1H3,(H,22,23). The van der Waals surface area contributed by atoms with Crippen LogP contribution in [0.3, 0.4) is 0 Å². The molecule has 27 heavy (non-hydrogen) atoms. The Hall–Kier alpha value is -2.54. The van der Waals surface area contributed by atoms with Gasteiger partial charge in [0, 0.05) is 32.7 Å². The maximum atomic E-state index is 12.7. The van der Waals surface area contributed by atoms with Crippen molar-refractivity contribution in [3.05, 3.63) is 16.0 Å². The first-order valence-electron chi connectivity index (χ1n) is 8.66. The third kappa shape index (κ3) is 3.27. The number of aromatic amines is 1. The molecule has 2 aliphatic rings. The van der Waals surface area contributed by atoms with Gasteiger partial charge in [-0.25, -0.2) is 0 Å². The summed E-state index contributed by atoms with van der Waals surface area (Å²) in [5, 5.41) is 6.23. The van der Waals surface area contributed by atoms with E-state index in [-0.39, 0.29) is 22.1 Å². The number of hydrogen-bond donors (Lipinski definition) is 1. The zero-order valence-corrected chi connectivity index (χ0v) is 14.7. The summed E-state index contributed by atoms with van der Waals surface area (Å²) in [5.41, 5.74) is -0.361. The monoisotopic (exact) mass is 381 g/mol. The average Bonchev–Trinajstić information content (AvgIpc) is 3.24. The predicted octanol–water partition coefficient (Wildman–Crippen LogP) is 1.58. The molecule has 0 amide bonds. The SMILES string of the molecule is Cn1c(N2CCC3(CCOC3)CC2)nc2[nH]nc(C#CC(F)(F)F)c2c1=O. The van der Waals surface area contributed by atoms with Gasteiger partial charge in [0.15, 0.2) is 5.65 Å². The van der Waals surface area contributed by atoms with E-state index in [1.54, 1.807) is 7.05 Å². The van der Waals surface area contributed by atoms with Crippen LogP contribution in [0.15, 0.2) is 4.79 Å². The van der Waals surface area contributed by atoms with Gasteiger partial charge in [-0.2, -0.15) is 23.3 Å². The number of halogens is 3. The maximum absolute atomic E-state index is 12.7. The molecular weight excluding hydrogens is 363 g/mol. The van der Waals surface area contributed by atoms with E-state index in [9.17, 15) is 18.0 Å². The molecule has 2 saturated heterocycles. The molecule has 0 unspecified atom stereocenters. The van der Waals surface area contributed by atoms with Crippen molar-refractivity contribution in [2.75, 3.05) is 31.2 Å². The Morgan fingerprint density at radius 3 is 2.63 bits per heavy atom. The highest BCUT2D eigenvalue weighted by atomic mass is 19.4. The van der Waals surface area contributed by atoms with E-state index in [2.05, 4.69) is 15.2 Å². The Labute approximate surface area is 152 Å². The van der Waals surface area contributed by atoms with E-state index in [4.69, 9.17) is 4.74 Å². The first-order valence-corrected chi connectivity index (χ1v) is 8.66. The van der Waals surface area contributed by atoms with E-state index in [1.165, 1.54) is 4.57 Å². The molecule has 2 fully saturated rings. The van der Waals surface area contributed by atoms with Crippen LogP contribution >= 0.6 is 0 Å². The maximum Gasteiger partial charge on any atom is 0.458 e. The fourth-order valence-corrected chi connectivity index (χ4v) is 3.78. The molecule has 2 aliphatic heterocycles. The number of piperidine rings is 1. The number of rotatable bonds is 1. The number of ether oxygens (including phenoxy) is 1. The lowest BCUT2D eigenvalue weighted by Crippen LogP contribution is -2.43. The lowest BCUT2D eigenvalue weighted by molar-refractivity contribution is -0.0696. The van der Waals surface area contributed by atoms with Crippen molar-refractivity contribution in [2.45, 2.75) is 25.4 Å². The number of aromatic nitrogens is 4. The molecule has 0 aromatic carbocycles. The van der Waals surface area contributed by atoms with E-state index >= 15 is 0 Å². The largest absolute Gasteiger partial charge is 0.458 e. The van der Waals surface area contributed by atoms with E-state index in [0.29, 0.717) is 5.95 Å². The van der Waals surface area contributed by atoms with Crippen molar-refractivity contribution in [2.24, 2.45) is 12.5 Å². The van der Waals surface area contributed by atoms with Crippen LogP contribution in [0, 0.1) is 17.3 Å². The molecular formula is C17H18F3N5O2. The van der Waals surface area contributed by atoms with Crippen molar-refractivity contribution >= 4 is 17.0 Å². The second-order valence-corrected chi connectivity index (χ2v) is 7.11. The van der Waals surface area contributed by atoms with Gasteiger partial charge in [-0.05, 0) is 30.6 Å². The van der Waals surface area contributed by atoms with Crippen LogP contribution in [-0.2, 0) is 11.8 Å². The van der Waals surface area contributed by atoms with Crippen molar-refractivity contribution in [3.8, 4) is 11.8 Å². The lowest BCUT2D eigenvalue weighted by Gasteiger charge is -2.39. The Kier molecular flexibility index (Phi) is 4.14. The van der Waals surface area contributed by atoms with Crippen molar-refractivity contribution in [1.82, 2.24) is 19.7 Å². The van der Waals surface area contributed by atoms with Crippen molar-refractivity contribution < 1.29 is 17.9 Å². The third-order valence-electron chi connectivity index (χ3n) is 5.39. The van der Waals surface area contributed by atoms with Gasteiger partial charge < -0.3 is 9.64 Å². The Balaban J connectivity index is 1.67. The van der Waals surface area contributed by atoms with Crippen LogP contribution in [0.2, 0.25) is 0 Å². The van der Waals surface area contributed by atoms with E-state index in [1.807, 2.05) is 10.8 Å². The first kappa shape index (κ1) is 17.9. The molecule has 2 aromatic rings. The van der Waals surface area contributed by atoms with Crippen molar-refractivity contribution in [3.63, 3.8) is 0 Å². The van der Waals surface area contributed by atoms with Crippen LogP contribution in [0.1, 0.15) is 25.0 Å². The van der Waals surface area contributed by atoms with Crippen molar-refractivity contribution in [1.29, 1.82) is 0 Å². The summed E-state index contributed by atoms with van der Waals surface area (Å²) in [6.45, 7) is 3.04. The molecule has 144 valence electrons. The topological polar surface area (TPSA) is 76.0 Å². The molecule has 1 N–H and O–H groups in total.